The van der Waals surface area contributed by atoms with Crippen LogP contribution in [0.25, 0.3) is 0 Å². The minimum atomic E-state index is 0.590. The Labute approximate surface area is 83.3 Å². The molecule has 0 aromatic rings. The number of nitrogens with one attached hydrogen (secondary N) is 1. The number of hydrogen-bond donors (Lipinski definition) is 1. The van der Waals surface area contributed by atoms with Gasteiger partial charge in [-0.3, -0.25) is 4.99 Å². The lowest BCUT2D eigenvalue weighted by Gasteiger charge is -2.15. The first-order valence-electron chi connectivity index (χ1n) is 4.97. The second-order valence-electron chi connectivity index (χ2n) is 3.42. The first kappa shape index (κ1) is 9.34. The number of ether oxygens (including phenoxy) is 1. The summed E-state index contributed by atoms with van der Waals surface area (Å²) in [7, 11) is 0. The first-order chi connectivity index (χ1) is 6.45. The number of aliphatic imine (C=N–C) groups is 1. The molecule has 13 heavy (non-hydrogen) atoms. The van der Waals surface area contributed by atoms with Crippen LogP contribution < -0.4 is 5.32 Å². The van der Waals surface area contributed by atoms with Crippen molar-refractivity contribution >= 4 is 16.9 Å². The highest BCUT2D eigenvalue weighted by atomic mass is 32.2. The fourth-order valence-electron chi connectivity index (χ4n) is 1.65. The lowest BCUT2D eigenvalue weighted by atomic mass is 10.1. The molecule has 0 saturated carbocycles. The van der Waals surface area contributed by atoms with Crippen LogP contribution in [0.2, 0.25) is 0 Å². The van der Waals surface area contributed by atoms with Gasteiger partial charge in [-0.25, -0.2) is 0 Å². The van der Waals surface area contributed by atoms with Gasteiger partial charge in [0.25, 0.3) is 0 Å². The molecule has 0 bridgehead atoms. The Morgan fingerprint density at radius 1 is 1.38 bits per heavy atom. The van der Waals surface area contributed by atoms with Gasteiger partial charge in [0.05, 0.1) is 6.54 Å². The molecule has 1 unspecified atom stereocenters. The Bertz CT molecular complexity index is 188. The number of rotatable bonds is 1. The minimum absolute atomic E-state index is 0.590. The van der Waals surface area contributed by atoms with Gasteiger partial charge in [0.2, 0.25) is 0 Å². The summed E-state index contributed by atoms with van der Waals surface area (Å²) in [4.78, 5) is 4.39. The molecule has 4 heteroatoms. The monoisotopic (exact) mass is 200 g/mol. The third-order valence-corrected chi connectivity index (χ3v) is 3.27. The van der Waals surface area contributed by atoms with Crippen LogP contribution in [0.1, 0.15) is 19.3 Å². The average molecular weight is 200 g/mol. The van der Waals surface area contributed by atoms with Crippen LogP contribution in [0.15, 0.2) is 4.99 Å². The molecule has 1 atom stereocenters. The van der Waals surface area contributed by atoms with E-state index in [1.165, 1.54) is 12.8 Å². The molecule has 0 aromatic heterocycles. The largest absolute Gasteiger partial charge is 0.381 e. The molecule has 2 rings (SSSR count). The summed E-state index contributed by atoms with van der Waals surface area (Å²) in [5, 5.41) is 4.64. The van der Waals surface area contributed by atoms with E-state index >= 15 is 0 Å². The van der Waals surface area contributed by atoms with Crippen molar-refractivity contribution in [3.8, 4) is 0 Å². The molecular formula is C9H16N2OS. The predicted octanol–water partition coefficient (Wildman–Crippen LogP) is 1.25. The average Bonchev–Trinajstić information content (AvgIpc) is 2.49. The molecule has 1 fully saturated rings. The van der Waals surface area contributed by atoms with Crippen LogP contribution in [-0.2, 0) is 4.74 Å². The van der Waals surface area contributed by atoms with E-state index in [0.717, 1.165) is 37.1 Å². The molecule has 1 N–H and O–H groups in total. The highest BCUT2D eigenvalue weighted by Gasteiger charge is 2.15. The number of amidine groups is 1. The molecule has 0 aliphatic carbocycles. The van der Waals surface area contributed by atoms with Crippen molar-refractivity contribution < 1.29 is 4.74 Å². The Balaban J connectivity index is 1.78. The zero-order valence-corrected chi connectivity index (χ0v) is 8.61. The van der Waals surface area contributed by atoms with Gasteiger partial charge in [0.1, 0.15) is 0 Å². The fourth-order valence-corrected chi connectivity index (χ4v) is 2.45. The van der Waals surface area contributed by atoms with Crippen LogP contribution in [0.3, 0.4) is 0 Å². The lowest BCUT2D eigenvalue weighted by molar-refractivity contribution is 0.143. The van der Waals surface area contributed by atoms with E-state index in [4.69, 9.17) is 4.74 Å². The van der Waals surface area contributed by atoms with Crippen molar-refractivity contribution in [2.24, 2.45) is 4.99 Å². The van der Waals surface area contributed by atoms with Crippen molar-refractivity contribution in [1.82, 2.24) is 5.32 Å². The van der Waals surface area contributed by atoms with Gasteiger partial charge in [-0.1, -0.05) is 11.8 Å². The molecular weight excluding hydrogens is 184 g/mol. The third-order valence-electron chi connectivity index (χ3n) is 2.36. The van der Waals surface area contributed by atoms with Crippen molar-refractivity contribution in [1.29, 1.82) is 0 Å². The lowest BCUT2D eigenvalue weighted by Crippen LogP contribution is -2.32. The van der Waals surface area contributed by atoms with E-state index in [-0.39, 0.29) is 0 Å². The highest BCUT2D eigenvalue weighted by Crippen LogP contribution is 2.13. The van der Waals surface area contributed by atoms with Gasteiger partial charge < -0.3 is 10.1 Å². The van der Waals surface area contributed by atoms with Crippen molar-refractivity contribution in [3.05, 3.63) is 0 Å². The third kappa shape index (κ3) is 2.88. The smallest absolute Gasteiger partial charge is 0.156 e. The molecule has 1 saturated heterocycles. The molecule has 3 nitrogen and oxygen atoms in total. The van der Waals surface area contributed by atoms with E-state index in [2.05, 4.69) is 10.3 Å². The summed E-state index contributed by atoms with van der Waals surface area (Å²) in [5.41, 5.74) is 0. The molecule has 0 aromatic carbocycles. The van der Waals surface area contributed by atoms with E-state index in [0.29, 0.717) is 6.04 Å². The molecule has 0 amide bonds. The summed E-state index contributed by atoms with van der Waals surface area (Å²) in [6.07, 6.45) is 3.52. The van der Waals surface area contributed by atoms with Gasteiger partial charge in [0.15, 0.2) is 5.17 Å². The molecule has 2 aliphatic rings. The molecule has 74 valence electrons. The molecule has 0 radical (unpaired) electrons. The summed E-state index contributed by atoms with van der Waals surface area (Å²) < 4.78 is 5.40. The maximum atomic E-state index is 5.40. The van der Waals surface area contributed by atoms with Crippen molar-refractivity contribution in [2.75, 3.05) is 25.5 Å². The SMILES string of the molecule is C1COCCC(NC2=NCCS2)C1. The normalized spacial score (nSPS) is 29.5. The number of thioether (sulfide) groups is 1. The van der Waals surface area contributed by atoms with Crippen molar-refractivity contribution in [3.63, 3.8) is 0 Å². The number of hydrogen-bond acceptors (Lipinski definition) is 4. The molecule has 2 heterocycles. The van der Waals surface area contributed by atoms with Gasteiger partial charge in [-0.15, -0.1) is 0 Å². The number of nitrogens with zero attached hydrogens (tertiary/aromatic N) is 1. The van der Waals surface area contributed by atoms with Crippen LogP contribution in [0, 0.1) is 0 Å². The summed E-state index contributed by atoms with van der Waals surface area (Å²) >= 11 is 1.84. The Morgan fingerprint density at radius 3 is 3.23 bits per heavy atom. The van der Waals surface area contributed by atoms with Gasteiger partial charge in [0, 0.05) is 25.0 Å². The Hall–Kier alpha value is -0.220. The zero-order chi connectivity index (χ0) is 8.93. The van der Waals surface area contributed by atoms with E-state index < -0.39 is 0 Å². The molecule has 0 spiro atoms. The second-order valence-corrected chi connectivity index (χ2v) is 4.50. The summed E-state index contributed by atoms with van der Waals surface area (Å²) in [5.74, 6) is 1.14. The predicted molar refractivity (Wildman–Crippen MR) is 56.4 cm³/mol. The fraction of sp³-hybridized carbons (Fsp3) is 0.889. The van der Waals surface area contributed by atoms with Crippen LogP contribution in [-0.4, -0.2) is 36.7 Å². The van der Waals surface area contributed by atoms with Crippen LogP contribution >= 0.6 is 11.8 Å². The summed E-state index contributed by atoms with van der Waals surface area (Å²) in [6, 6.07) is 0.590. The van der Waals surface area contributed by atoms with Gasteiger partial charge in [-0.05, 0) is 19.3 Å². The van der Waals surface area contributed by atoms with Gasteiger partial charge in [-0.2, -0.15) is 0 Å². The summed E-state index contributed by atoms with van der Waals surface area (Å²) in [6.45, 7) is 2.81. The Kier molecular flexibility index (Phi) is 3.49. The van der Waals surface area contributed by atoms with Gasteiger partial charge >= 0.3 is 0 Å². The second kappa shape index (κ2) is 4.86. The van der Waals surface area contributed by atoms with E-state index in [9.17, 15) is 0 Å². The van der Waals surface area contributed by atoms with E-state index in [1.807, 2.05) is 11.8 Å². The van der Waals surface area contributed by atoms with Crippen LogP contribution in [0.5, 0.6) is 0 Å². The molecule has 2 aliphatic heterocycles. The van der Waals surface area contributed by atoms with Crippen LogP contribution in [0.4, 0.5) is 0 Å². The first-order valence-corrected chi connectivity index (χ1v) is 5.95. The maximum Gasteiger partial charge on any atom is 0.156 e. The minimum Gasteiger partial charge on any atom is -0.381 e. The topological polar surface area (TPSA) is 33.6 Å². The quantitative estimate of drug-likeness (QED) is 0.691. The van der Waals surface area contributed by atoms with Crippen molar-refractivity contribution in [2.45, 2.75) is 25.3 Å². The Morgan fingerprint density at radius 2 is 2.38 bits per heavy atom. The highest BCUT2D eigenvalue weighted by molar-refractivity contribution is 8.14. The standard InChI is InChI=1S/C9H16N2OS/c1-2-8(3-6-12-5-1)11-9-10-4-7-13-9/h8H,1-7H2,(H,10,11). The maximum absolute atomic E-state index is 5.40. The van der Waals surface area contributed by atoms with E-state index in [1.54, 1.807) is 0 Å². The zero-order valence-electron chi connectivity index (χ0n) is 7.79.